The van der Waals surface area contributed by atoms with Crippen molar-refractivity contribution in [3.05, 3.63) is 30.3 Å². The first-order valence-corrected chi connectivity index (χ1v) is 10.5. The first-order chi connectivity index (χ1) is 13.3. The van der Waals surface area contributed by atoms with Crippen LogP contribution in [0.5, 0.6) is 5.75 Å². The van der Waals surface area contributed by atoms with Crippen molar-refractivity contribution < 1.29 is 9.53 Å². The van der Waals surface area contributed by atoms with Crippen LogP contribution in [-0.4, -0.2) is 85.7 Å². The Morgan fingerprint density at radius 1 is 1.04 bits per heavy atom. The second-order valence-electron chi connectivity index (χ2n) is 7.98. The number of amides is 2. The Balaban J connectivity index is 1.12. The minimum atomic E-state index is 0.0725. The Labute approximate surface area is 162 Å². The zero-order valence-electron chi connectivity index (χ0n) is 16.2. The van der Waals surface area contributed by atoms with E-state index >= 15 is 0 Å². The number of para-hydroxylation sites is 1. The predicted molar refractivity (Wildman–Crippen MR) is 106 cm³/mol. The number of carbonyl (C=O) groups is 1. The Kier molecular flexibility index (Phi) is 6.14. The number of piperazine rings is 1. The number of nitrogens with one attached hydrogen (secondary N) is 1. The fraction of sp³-hybridized carbons (Fsp3) is 0.667. The average molecular weight is 373 g/mol. The summed E-state index contributed by atoms with van der Waals surface area (Å²) in [5.74, 6) is 1.76. The van der Waals surface area contributed by atoms with Crippen LogP contribution in [0.15, 0.2) is 30.3 Å². The number of fused-ring (bicyclic) bond motifs is 3. The van der Waals surface area contributed by atoms with Crippen molar-refractivity contribution in [2.24, 2.45) is 5.92 Å². The van der Waals surface area contributed by atoms with E-state index in [4.69, 9.17) is 4.74 Å². The molecular weight excluding hydrogens is 340 g/mol. The molecule has 1 atom stereocenters. The molecule has 0 saturated carbocycles. The molecule has 0 unspecified atom stereocenters. The van der Waals surface area contributed by atoms with Gasteiger partial charge in [-0.3, -0.25) is 4.90 Å². The number of hydrogen-bond acceptors (Lipinski definition) is 4. The number of rotatable bonds is 6. The van der Waals surface area contributed by atoms with Crippen molar-refractivity contribution in [3.63, 3.8) is 0 Å². The van der Waals surface area contributed by atoms with Gasteiger partial charge in [-0.1, -0.05) is 18.2 Å². The van der Waals surface area contributed by atoms with Gasteiger partial charge < -0.3 is 19.9 Å². The summed E-state index contributed by atoms with van der Waals surface area (Å²) in [5, 5.41) is 3.04. The monoisotopic (exact) mass is 372 g/mol. The van der Waals surface area contributed by atoms with Gasteiger partial charge in [0.05, 0.1) is 6.61 Å². The lowest BCUT2D eigenvalue weighted by Crippen LogP contribution is -2.62. The highest BCUT2D eigenvalue weighted by Gasteiger charge is 2.38. The summed E-state index contributed by atoms with van der Waals surface area (Å²) >= 11 is 0. The molecule has 1 aromatic carbocycles. The fourth-order valence-corrected chi connectivity index (χ4v) is 4.69. The number of ether oxygens (including phenoxy) is 1. The molecule has 27 heavy (non-hydrogen) atoms. The van der Waals surface area contributed by atoms with Crippen LogP contribution in [0.3, 0.4) is 0 Å². The van der Waals surface area contributed by atoms with Gasteiger partial charge in [-0.25, -0.2) is 4.79 Å². The Morgan fingerprint density at radius 3 is 2.44 bits per heavy atom. The molecule has 2 bridgehead atoms. The molecule has 4 heterocycles. The van der Waals surface area contributed by atoms with Crippen molar-refractivity contribution in [1.82, 2.24) is 20.0 Å². The van der Waals surface area contributed by atoms with Gasteiger partial charge in [0.25, 0.3) is 0 Å². The molecule has 6 nitrogen and oxygen atoms in total. The minimum absolute atomic E-state index is 0.0725. The van der Waals surface area contributed by atoms with Crippen molar-refractivity contribution in [2.75, 3.05) is 59.0 Å². The summed E-state index contributed by atoms with van der Waals surface area (Å²) in [6.45, 7) is 8.81. The third kappa shape index (κ3) is 4.74. The predicted octanol–water partition coefficient (Wildman–Crippen LogP) is 1.88. The van der Waals surface area contributed by atoms with Gasteiger partial charge in [0.1, 0.15) is 5.75 Å². The SMILES string of the molecule is O=C(NCCCOc1ccccc1)N1CCN([C@H]2CN3CCC2CC3)CC1. The second kappa shape index (κ2) is 8.93. The minimum Gasteiger partial charge on any atom is -0.494 e. The summed E-state index contributed by atoms with van der Waals surface area (Å²) in [6.07, 6.45) is 3.53. The zero-order chi connectivity index (χ0) is 18.5. The van der Waals surface area contributed by atoms with Crippen molar-refractivity contribution in [2.45, 2.75) is 25.3 Å². The number of benzene rings is 1. The third-order valence-electron chi connectivity index (χ3n) is 6.30. The quantitative estimate of drug-likeness (QED) is 0.775. The number of nitrogens with zero attached hydrogens (tertiary/aromatic N) is 3. The van der Waals surface area contributed by atoms with Gasteiger partial charge >= 0.3 is 6.03 Å². The highest BCUT2D eigenvalue weighted by Crippen LogP contribution is 2.31. The van der Waals surface area contributed by atoms with Crippen LogP contribution in [0.25, 0.3) is 0 Å². The van der Waals surface area contributed by atoms with Crippen molar-refractivity contribution in [3.8, 4) is 5.75 Å². The first-order valence-electron chi connectivity index (χ1n) is 10.5. The van der Waals surface area contributed by atoms with E-state index < -0.39 is 0 Å². The van der Waals surface area contributed by atoms with Gasteiger partial charge in [-0.15, -0.1) is 0 Å². The number of carbonyl (C=O) groups excluding carboxylic acids is 1. The molecule has 0 radical (unpaired) electrons. The van der Waals surface area contributed by atoms with Gasteiger partial charge in [0, 0.05) is 45.3 Å². The van der Waals surface area contributed by atoms with Crippen LogP contribution in [0.2, 0.25) is 0 Å². The Bertz CT molecular complexity index is 595. The van der Waals surface area contributed by atoms with Gasteiger partial charge in [-0.2, -0.15) is 0 Å². The molecule has 0 aromatic heterocycles. The van der Waals surface area contributed by atoms with Crippen LogP contribution in [-0.2, 0) is 0 Å². The average Bonchev–Trinajstić information content (AvgIpc) is 2.75. The molecular formula is C21H32N4O2. The second-order valence-corrected chi connectivity index (χ2v) is 7.98. The summed E-state index contributed by atoms with van der Waals surface area (Å²) in [7, 11) is 0. The first kappa shape index (κ1) is 18.6. The van der Waals surface area contributed by atoms with Crippen LogP contribution in [0.1, 0.15) is 19.3 Å². The lowest BCUT2D eigenvalue weighted by atomic mass is 9.83. The summed E-state index contributed by atoms with van der Waals surface area (Å²) in [6, 6.07) is 10.6. The van der Waals surface area contributed by atoms with E-state index in [0.717, 1.165) is 44.3 Å². The van der Waals surface area contributed by atoms with Crippen LogP contribution < -0.4 is 10.1 Å². The lowest BCUT2D eigenvalue weighted by molar-refractivity contribution is -0.0103. The number of hydrogen-bond donors (Lipinski definition) is 1. The Morgan fingerprint density at radius 2 is 1.78 bits per heavy atom. The summed E-state index contributed by atoms with van der Waals surface area (Å²) in [5.41, 5.74) is 0. The number of urea groups is 1. The van der Waals surface area contributed by atoms with Crippen molar-refractivity contribution in [1.29, 1.82) is 0 Å². The van der Waals surface area contributed by atoms with E-state index in [9.17, 15) is 4.79 Å². The topological polar surface area (TPSA) is 48.1 Å². The fourth-order valence-electron chi connectivity index (χ4n) is 4.69. The van der Waals surface area contributed by atoms with Gasteiger partial charge in [0.15, 0.2) is 0 Å². The maximum absolute atomic E-state index is 12.4. The van der Waals surface area contributed by atoms with E-state index in [0.29, 0.717) is 19.2 Å². The molecule has 1 aromatic rings. The van der Waals surface area contributed by atoms with Gasteiger partial charge in [-0.05, 0) is 50.4 Å². The van der Waals surface area contributed by atoms with Gasteiger partial charge in [0.2, 0.25) is 0 Å². The van der Waals surface area contributed by atoms with E-state index in [1.807, 2.05) is 35.2 Å². The molecule has 6 heteroatoms. The molecule has 4 aliphatic rings. The molecule has 4 fully saturated rings. The number of piperidine rings is 3. The Hall–Kier alpha value is -1.79. The van der Waals surface area contributed by atoms with E-state index in [2.05, 4.69) is 15.1 Å². The highest BCUT2D eigenvalue weighted by molar-refractivity contribution is 5.74. The maximum atomic E-state index is 12.4. The largest absolute Gasteiger partial charge is 0.494 e. The van der Waals surface area contributed by atoms with Crippen LogP contribution >= 0.6 is 0 Å². The maximum Gasteiger partial charge on any atom is 0.317 e. The molecule has 5 rings (SSSR count). The lowest BCUT2D eigenvalue weighted by Gasteiger charge is -2.50. The molecule has 0 aliphatic carbocycles. The zero-order valence-corrected chi connectivity index (χ0v) is 16.2. The molecule has 4 aliphatic heterocycles. The summed E-state index contributed by atoms with van der Waals surface area (Å²) < 4.78 is 5.66. The molecule has 4 saturated heterocycles. The normalized spacial score (nSPS) is 28.1. The standard InChI is InChI=1S/C21H32N4O2/c26-21(22-9-4-16-27-19-5-2-1-3-6-19)25-14-12-24(13-15-25)20-17-23-10-7-18(20)8-11-23/h1-3,5-6,18,20H,4,7-17H2,(H,22,26)/t20-/m0/s1. The van der Waals surface area contributed by atoms with E-state index in [1.54, 1.807) is 0 Å². The van der Waals surface area contributed by atoms with Crippen molar-refractivity contribution >= 4 is 6.03 Å². The molecule has 1 N–H and O–H groups in total. The van der Waals surface area contributed by atoms with Crippen LogP contribution in [0.4, 0.5) is 4.79 Å². The third-order valence-corrected chi connectivity index (χ3v) is 6.30. The molecule has 0 spiro atoms. The molecule has 2 amide bonds. The van der Waals surface area contributed by atoms with Crippen LogP contribution in [0, 0.1) is 5.92 Å². The smallest absolute Gasteiger partial charge is 0.317 e. The highest BCUT2D eigenvalue weighted by atomic mass is 16.5. The van der Waals surface area contributed by atoms with E-state index in [-0.39, 0.29) is 6.03 Å². The summed E-state index contributed by atoms with van der Waals surface area (Å²) in [4.78, 5) is 19.6. The van der Waals surface area contributed by atoms with E-state index in [1.165, 1.54) is 32.5 Å². The molecule has 148 valence electrons.